The lowest BCUT2D eigenvalue weighted by Gasteiger charge is -2.37. The van der Waals surface area contributed by atoms with Crippen LogP contribution in [-0.2, 0) is 11.2 Å². The lowest BCUT2D eigenvalue weighted by atomic mass is 9.90. The average molecular weight is 272 g/mol. The van der Waals surface area contributed by atoms with Gasteiger partial charge in [0.15, 0.2) is 0 Å². The van der Waals surface area contributed by atoms with Gasteiger partial charge in [0.1, 0.15) is 0 Å². The lowest BCUT2D eigenvalue weighted by Crippen LogP contribution is -2.46. The summed E-state index contributed by atoms with van der Waals surface area (Å²) in [5.41, 5.74) is 8.28. The molecule has 3 unspecified atom stereocenters. The first-order valence-electron chi connectivity index (χ1n) is 7.83. The second-order valence-electron chi connectivity index (χ2n) is 6.26. The van der Waals surface area contributed by atoms with E-state index in [0.717, 1.165) is 37.8 Å². The van der Waals surface area contributed by atoms with E-state index < -0.39 is 0 Å². The van der Waals surface area contributed by atoms with Crippen molar-refractivity contribution in [3.8, 4) is 0 Å². The summed E-state index contributed by atoms with van der Waals surface area (Å²) in [6.07, 6.45) is 5.39. The quantitative estimate of drug-likeness (QED) is 0.900. The number of benzene rings is 1. The Kier molecular flexibility index (Phi) is 3.79. The van der Waals surface area contributed by atoms with Crippen molar-refractivity contribution in [1.82, 2.24) is 0 Å². The topological polar surface area (TPSA) is 46.3 Å². The third-order valence-electron chi connectivity index (χ3n) is 5.04. The molecule has 0 radical (unpaired) electrons. The Morgan fingerprint density at radius 2 is 2.10 bits per heavy atom. The predicted molar refractivity (Wildman–Crippen MR) is 81.6 cm³/mol. The molecule has 0 bridgehead atoms. The van der Waals surface area contributed by atoms with Crippen LogP contribution < -0.4 is 10.6 Å². The first-order valence-corrected chi connectivity index (χ1v) is 7.83. The number of carbonyl (C=O) groups excluding carboxylic acids is 1. The Hall–Kier alpha value is -1.35. The molecule has 0 aromatic heterocycles. The highest BCUT2D eigenvalue weighted by Crippen LogP contribution is 2.37. The maximum absolute atomic E-state index is 13.0. The van der Waals surface area contributed by atoms with Gasteiger partial charge in [0, 0.05) is 17.6 Å². The normalized spacial score (nSPS) is 29.3. The molecule has 3 heteroatoms. The van der Waals surface area contributed by atoms with Crippen LogP contribution in [0.1, 0.15) is 38.2 Å². The molecule has 1 aromatic rings. The van der Waals surface area contributed by atoms with Crippen molar-refractivity contribution in [3.05, 3.63) is 29.8 Å². The summed E-state index contributed by atoms with van der Waals surface area (Å²) < 4.78 is 0. The minimum atomic E-state index is 0.133. The summed E-state index contributed by atoms with van der Waals surface area (Å²) in [5, 5.41) is 0. The summed E-state index contributed by atoms with van der Waals surface area (Å²) in [6.45, 7) is 2.81. The number of hydrogen-bond donors (Lipinski definition) is 1. The first kappa shape index (κ1) is 13.6. The van der Waals surface area contributed by atoms with Gasteiger partial charge in [-0.2, -0.15) is 0 Å². The SMILES string of the molecule is CC1CCc2ccccc2N1C(=O)C1CCCC1CN. The molecule has 3 atom stereocenters. The number of fused-ring (bicyclic) bond motifs is 1. The molecule has 20 heavy (non-hydrogen) atoms. The summed E-state index contributed by atoms with van der Waals surface area (Å²) >= 11 is 0. The molecular weight excluding hydrogens is 248 g/mol. The fourth-order valence-electron chi connectivity index (χ4n) is 3.85. The molecule has 2 N–H and O–H groups in total. The molecule has 1 heterocycles. The zero-order valence-corrected chi connectivity index (χ0v) is 12.2. The number of hydrogen-bond acceptors (Lipinski definition) is 2. The van der Waals surface area contributed by atoms with Crippen LogP contribution in [0, 0.1) is 11.8 Å². The number of nitrogens with two attached hydrogens (primary N) is 1. The van der Waals surface area contributed by atoms with Gasteiger partial charge < -0.3 is 10.6 Å². The molecule has 1 saturated carbocycles. The van der Waals surface area contributed by atoms with Gasteiger partial charge in [0.25, 0.3) is 0 Å². The van der Waals surface area contributed by atoms with E-state index in [2.05, 4.69) is 30.0 Å². The molecular formula is C17H24N2O. The molecule has 1 aliphatic carbocycles. The van der Waals surface area contributed by atoms with Crippen LogP contribution in [0.2, 0.25) is 0 Å². The van der Waals surface area contributed by atoms with E-state index >= 15 is 0 Å². The third kappa shape index (κ3) is 2.24. The van der Waals surface area contributed by atoms with E-state index in [-0.39, 0.29) is 5.92 Å². The Morgan fingerprint density at radius 1 is 1.30 bits per heavy atom. The minimum Gasteiger partial charge on any atom is -0.330 e. The molecule has 3 nitrogen and oxygen atoms in total. The van der Waals surface area contributed by atoms with Gasteiger partial charge in [0.05, 0.1) is 0 Å². The van der Waals surface area contributed by atoms with Gasteiger partial charge in [-0.25, -0.2) is 0 Å². The van der Waals surface area contributed by atoms with Gasteiger partial charge in [-0.05, 0) is 56.7 Å². The smallest absolute Gasteiger partial charge is 0.230 e. The number of amides is 1. The van der Waals surface area contributed by atoms with Crippen molar-refractivity contribution in [2.24, 2.45) is 17.6 Å². The number of aryl methyl sites for hydroxylation is 1. The number of anilines is 1. The van der Waals surface area contributed by atoms with Crippen LogP contribution in [0.5, 0.6) is 0 Å². The Bertz CT molecular complexity index is 500. The van der Waals surface area contributed by atoms with Crippen LogP contribution >= 0.6 is 0 Å². The third-order valence-corrected chi connectivity index (χ3v) is 5.04. The molecule has 0 spiro atoms. The Morgan fingerprint density at radius 3 is 2.90 bits per heavy atom. The Labute approximate surface area is 121 Å². The summed E-state index contributed by atoms with van der Waals surface area (Å²) in [4.78, 5) is 15.1. The zero-order chi connectivity index (χ0) is 14.1. The average Bonchev–Trinajstić information content (AvgIpc) is 2.95. The number of rotatable bonds is 2. The van der Waals surface area contributed by atoms with E-state index in [0.29, 0.717) is 24.4 Å². The van der Waals surface area contributed by atoms with Crippen molar-refractivity contribution in [3.63, 3.8) is 0 Å². The lowest BCUT2D eigenvalue weighted by molar-refractivity contribution is -0.123. The van der Waals surface area contributed by atoms with E-state index in [1.54, 1.807) is 0 Å². The molecule has 1 aromatic carbocycles. The van der Waals surface area contributed by atoms with Crippen molar-refractivity contribution in [2.75, 3.05) is 11.4 Å². The fourth-order valence-corrected chi connectivity index (χ4v) is 3.85. The molecule has 3 rings (SSSR count). The van der Waals surface area contributed by atoms with Crippen molar-refractivity contribution in [2.45, 2.75) is 45.1 Å². The highest BCUT2D eigenvalue weighted by atomic mass is 16.2. The van der Waals surface area contributed by atoms with Crippen molar-refractivity contribution in [1.29, 1.82) is 0 Å². The van der Waals surface area contributed by atoms with Gasteiger partial charge in [0.2, 0.25) is 5.91 Å². The van der Waals surface area contributed by atoms with E-state index in [1.807, 2.05) is 6.07 Å². The van der Waals surface area contributed by atoms with Gasteiger partial charge in [-0.15, -0.1) is 0 Å². The standard InChI is InChI=1S/C17H24N2O/c1-12-9-10-13-5-2-3-8-16(13)19(12)17(20)15-7-4-6-14(15)11-18/h2-3,5,8,12,14-15H,4,6-7,9-11,18H2,1H3. The number of nitrogens with zero attached hydrogens (tertiary/aromatic N) is 1. The molecule has 2 aliphatic rings. The molecule has 1 aliphatic heterocycles. The van der Waals surface area contributed by atoms with Crippen LogP contribution in [0.25, 0.3) is 0 Å². The van der Waals surface area contributed by atoms with Gasteiger partial charge in [-0.1, -0.05) is 24.6 Å². The second-order valence-corrected chi connectivity index (χ2v) is 6.26. The summed E-state index contributed by atoms with van der Waals surface area (Å²) in [5.74, 6) is 0.815. The highest BCUT2D eigenvalue weighted by Gasteiger charge is 2.38. The Balaban J connectivity index is 1.90. The van der Waals surface area contributed by atoms with Crippen LogP contribution in [-0.4, -0.2) is 18.5 Å². The second kappa shape index (κ2) is 5.57. The first-order chi connectivity index (χ1) is 9.72. The highest BCUT2D eigenvalue weighted by molar-refractivity contribution is 5.97. The summed E-state index contributed by atoms with van der Waals surface area (Å²) in [6, 6.07) is 8.64. The van der Waals surface area contributed by atoms with E-state index in [9.17, 15) is 4.79 Å². The van der Waals surface area contributed by atoms with Crippen molar-refractivity contribution >= 4 is 11.6 Å². The number of carbonyl (C=O) groups is 1. The van der Waals surface area contributed by atoms with Crippen molar-refractivity contribution < 1.29 is 4.79 Å². The van der Waals surface area contributed by atoms with Crippen LogP contribution in [0.3, 0.4) is 0 Å². The maximum atomic E-state index is 13.0. The van der Waals surface area contributed by atoms with E-state index in [1.165, 1.54) is 5.56 Å². The van der Waals surface area contributed by atoms with E-state index in [4.69, 9.17) is 5.73 Å². The van der Waals surface area contributed by atoms with Gasteiger partial charge >= 0.3 is 0 Å². The number of para-hydroxylation sites is 1. The monoisotopic (exact) mass is 272 g/mol. The summed E-state index contributed by atoms with van der Waals surface area (Å²) in [7, 11) is 0. The molecule has 108 valence electrons. The largest absolute Gasteiger partial charge is 0.330 e. The zero-order valence-electron chi connectivity index (χ0n) is 12.2. The molecule has 1 amide bonds. The van der Waals surface area contributed by atoms with Gasteiger partial charge in [-0.3, -0.25) is 4.79 Å². The van der Waals surface area contributed by atoms with Crippen LogP contribution in [0.4, 0.5) is 5.69 Å². The fraction of sp³-hybridized carbons (Fsp3) is 0.588. The molecule has 0 saturated heterocycles. The van der Waals surface area contributed by atoms with Crippen LogP contribution in [0.15, 0.2) is 24.3 Å². The minimum absolute atomic E-state index is 0.133. The predicted octanol–water partition coefficient (Wildman–Crippen LogP) is 2.73. The molecule has 1 fully saturated rings. The maximum Gasteiger partial charge on any atom is 0.230 e.